The van der Waals surface area contributed by atoms with Crippen LogP contribution in [0.1, 0.15) is 138 Å². The van der Waals surface area contributed by atoms with Gasteiger partial charge in [-0.2, -0.15) is 0 Å². The number of carbonyl (C=O) groups excluding carboxylic acids is 1. The van der Waals surface area contributed by atoms with Gasteiger partial charge < -0.3 is 4.74 Å². The van der Waals surface area contributed by atoms with Gasteiger partial charge in [0.15, 0.2) is 5.82 Å². The highest BCUT2D eigenvalue weighted by Gasteiger charge is 2.29. The van der Waals surface area contributed by atoms with Crippen molar-refractivity contribution in [2.24, 2.45) is 17.8 Å². The molecule has 0 radical (unpaired) electrons. The molecular formula is C49H58BrFO2S6. The lowest BCUT2D eigenvalue weighted by molar-refractivity contribution is 0.0429. The molecule has 0 fully saturated rings. The Kier molecular flexibility index (Phi) is 16.0. The molecule has 0 N–H and O–H groups in total. The normalized spacial score (nSPS) is 13.6. The minimum atomic E-state index is -0.551. The van der Waals surface area contributed by atoms with Crippen molar-refractivity contribution in [1.82, 2.24) is 0 Å². The van der Waals surface area contributed by atoms with Gasteiger partial charge in [-0.3, -0.25) is 0 Å². The molecule has 6 aromatic heterocycles. The molecule has 0 aliphatic rings. The Hall–Kier alpha value is -1.92. The largest absolute Gasteiger partial charge is 0.461 e. The number of rotatable bonds is 22. The van der Waals surface area contributed by atoms with Gasteiger partial charge in [0.25, 0.3) is 0 Å². The van der Waals surface area contributed by atoms with E-state index in [0.717, 1.165) is 56.8 Å². The Bertz CT molecular complexity index is 2360. The summed E-state index contributed by atoms with van der Waals surface area (Å²) in [6.45, 7) is 13.9. The number of fused-ring (bicyclic) bond motifs is 3. The van der Waals surface area contributed by atoms with Crippen molar-refractivity contribution < 1.29 is 13.9 Å². The van der Waals surface area contributed by atoms with E-state index in [-0.39, 0.29) is 4.88 Å². The Morgan fingerprint density at radius 2 is 1.24 bits per heavy atom. The molecule has 1 aromatic carbocycles. The molecular weight excluding hydrogens is 912 g/mol. The lowest BCUT2D eigenvalue weighted by atomic mass is 9.95. The van der Waals surface area contributed by atoms with Gasteiger partial charge in [-0.25, -0.2) is 9.18 Å². The Morgan fingerprint density at radius 3 is 1.81 bits per heavy atom. The van der Waals surface area contributed by atoms with E-state index in [0.29, 0.717) is 29.7 Å². The highest BCUT2D eigenvalue weighted by Crippen LogP contribution is 2.55. The summed E-state index contributed by atoms with van der Waals surface area (Å²) in [5.41, 5.74) is 2.64. The van der Waals surface area contributed by atoms with Crippen LogP contribution in [0.3, 0.4) is 0 Å². The number of esters is 1. The quantitative estimate of drug-likeness (QED) is 0.0633. The first-order valence-electron chi connectivity index (χ1n) is 22.0. The first-order chi connectivity index (χ1) is 28.7. The SMILES string of the molecule is CCCCC(CC)COC(=O)c1sc2c(-c3cc4c(-c5ccc(CC(CC)CCCC)s5)c5sccc5c(-c5ccc(CC(CC)CCCC)s5)c4s3)sc(Br)c2c1F. The third kappa shape index (κ3) is 9.84. The number of carbonyl (C=O) groups is 1. The molecule has 2 nitrogen and oxygen atoms in total. The summed E-state index contributed by atoms with van der Waals surface area (Å²) in [5.74, 6) is 0.693. The number of hydrogen-bond acceptors (Lipinski definition) is 8. The molecule has 0 bridgehead atoms. The smallest absolute Gasteiger partial charge is 0.351 e. The zero-order valence-electron chi connectivity index (χ0n) is 35.4. The van der Waals surface area contributed by atoms with Crippen LogP contribution in [0.4, 0.5) is 4.39 Å². The zero-order valence-corrected chi connectivity index (χ0v) is 41.9. The van der Waals surface area contributed by atoms with Crippen LogP contribution in [-0.4, -0.2) is 12.6 Å². The summed E-state index contributed by atoms with van der Waals surface area (Å²) in [4.78, 5) is 21.2. The second kappa shape index (κ2) is 21.0. The summed E-state index contributed by atoms with van der Waals surface area (Å²) < 4.78 is 26.2. The number of unbranched alkanes of at least 4 members (excludes halogenated alkanes) is 3. The van der Waals surface area contributed by atoms with Gasteiger partial charge in [0, 0.05) is 55.7 Å². The second-order valence-corrected chi connectivity index (χ2v) is 23.9. The molecule has 7 aromatic rings. The third-order valence-electron chi connectivity index (χ3n) is 12.1. The first kappa shape index (κ1) is 45.1. The summed E-state index contributed by atoms with van der Waals surface area (Å²) >= 11 is 14.1. The number of ether oxygens (including phenoxy) is 1. The Labute approximate surface area is 383 Å². The number of thiophene rings is 6. The molecule has 7 rings (SSSR count). The van der Waals surface area contributed by atoms with E-state index in [1.165, 1.54) is 114 Å². The maximum atomic E-state index is 16.3. The van der Waals surface area contributed by atoms with Gasteiger partial charge in [-0.05, 0) is 94.7 Å². The molecule has 0 amide bonds. The molecule has 6 heterocycles. The molecule has 3 unspecified atom stereocenters. The standard InChI is InChI=1S/C49H58BrFO2S6/c1-7-13-16-29(10-4)25-32-19-21-36(55-32)39-34-23-24-54-43(34)40(37-22-20-33(56-37)26-30(11-5)17-14-8-2)35-27-38(57-44(35)39)45-46-41(48(50)59-45)42(51)47(58-46)49(52)53-28-31(12-6)18-15-9-3/h19-24,27,29-31H,7-18,25-26,28H2,1-6H3. The molecule has 316 valence electrons. The fourth-order valence-electron chi connectivity index (χ4n) is 8.39. The van der Waals surface area contributed by atoms with Gasteiger partial charge in [0.1, 0.15) is 4.88 Å². The summed E-state index contributed by atoms with van der Waals surface area (Å²) in [7, 11) is 0. The van der Waals surface area contributed by atoms with Crippen molar-refractivity contribution in [1.29, 1.82) is 0 Å². The third-order valence-corrected chi connectivity index (χ3v) is 19.8. The van der Waals surface area contributed by atoms with Crippen LogP contribution in [0.25, 0.3) is 60.9 Å². The van der Waals surface area contributed by atoms with Crippen LogP contribution in [0.2, 0.25) is 0 Å². The summed E-state index contributed by atoms with van der Waals surface area (Å²) in [5, 5.41) is 5.34. The predicted octanol–water partition coefficient (Wildman–Crippen LogP) is 19.3. The van der Waals surface area contributed by atoms with Crippen molar-refractivity contribution in [2.45, 2.75) is 131 Å². The van der Waals surface area contributed by atoms with Crippen LogP contribution in [0.5, 0.6) is 0 Å². The molecule has 0 saturated heterocycles. The van der Waals surface area contributed by atoms with Crippen molar-refractivity contribution in [3.05, 3.63) is 66.0 Å². The van der Waals surface area contributed by atoms with Gasteiger partial charge in [-0.1, -0.05) is 112 Å². The van der Waals surface area contributed by atoms with Crippen molar-refractivity contribution in [2.75, 3.05) is 6.61 Å². The predicted molar refractivity (Wildman–Crippen MR) is 268 cm³/mol. The van der Waals surface area contributed by atoms with E-state index in [4.69, 9.17) is 4.74 Å². The lowest BCUT2D eigenvalue weighted by Gasteiger charge is -2.14. The first-order valence-corrected chi connectivity index (χ1v) is 27.7. The lowest BCUT2D eigenvalue weighted by Crippen LogP contribution is -2.14. The van der Waals surface area contributed by atoms with Crippen LogP contribution in [0, 0.1) is 23.6 Å². The number of benzene rings is 1. The van der Waals surface area contributed by atoms with Gasteiger partial charge in [0.2, 0.25) is 0 Å². The Morgan fingerprint density at radius 1 is 0.661 bits per heavy atom. The summed E-state index contributed by atoms with van der Waals surface area (Å²) in [6.07, 6.45) is 16.5. The molecule has 0 spiro atoms. The number of hydrogen-bond donors (Lipinski definition) is 0. The van der Waals surface area contributed by atoms with E-state index in [1.807, 2.05) is 45.3 Å². The van der Waals surface area contributed by atoms with Crippen LogP contribution >= 0.6 is 84.0 Å². The van der Waals surface area contributed by atoms with Crippen LogP contribution in [-0.2, 0) is 17.6 Å². The molecule has 3 atom stereocenters. The minimum absolute atomic E-state index is 0.0731. The van der Waals surface area contributed by atoms with E-state index < -0.39 is 11.8 Å². The van der Waals surface area contributed by atoms with E-state index >= 15 is 4.39 Å². The van der Waals surface area contributed by atoms with Gasteiger partial charge in [-0.15, -0.1) is 68.0 Å². The van der Waals surface area contributed by atoms with Crippen molar-refractivity contribution in [3.8, 4) is 30.6 Å². The molecule has 10 heteroatoms. The Balaban J connectivity index is 1.34. The minimum Gasteiger partial charge on any atom is -0.461 e. The van der Waals surface area contributed by atoms with Crippen molar-refractivity contribution >= 4 is 120 Å². The summed E-state index contributed by atoms with van der Waals surface area (Å²) in [6, 6.07) is 14.2. The highest BCUT2D eigenvalue weighted by molar-refractivity contribution is 9.11. The van der Waals surface area contributed by atoms with E-state index in [1.54, 1.807) is 11.3 Å². The van der Waals surface area contributed by atoms with Crippen LogP contribution < -0.4 is 0 Å². The second-order valence-electron chi connectivity index (χ2n) is 16.2. The fraction of sp³-hybridized carbons (Fsp3) is 0.490. The highest BCUT2D eigenvalue weighted by atomic mass is 79.9. The maximum absolute atomic E-state index is 16.3. The van der Waals surface area contributed by atoms with E-state index in [9.17, 15) is 4.79 Å². The molecule has 0 aliphatic heterocycles. The van der Waals surface area contributed by atoms with Crippen molar-refractivity contribution in [3.63, 3.8) is 0 Å². The molecule has 0 aliphatic carbocycles. The fourth-order valence-corrected chi connectivity index (χ4v) is 16.5. The van der Waals surface area contributed by atoms with Gasteiger partial charge >= 0.3 is 5.97 Å². The van der Waals surface area contributed by atoms with E-state index in [2.05, 4.69) is 99.3 Å². The maximum Gasteiger partial charge on any atom is 0.351 e. The van der Waals surface area contributed by atoms with Crippen LogP contribution in [0.15, 0.2) is 45.6 Å². The number of halogens is 2. The average molecular weight is 970 g/mol. The molecule has 0 saturated carbocycles. The van der Waals surface area contributed by atoms with Gasteiger partial charge in [0.05, 0.1) is 25.4 Å². The topological polar surface area (TPSA) is 26.3 Å². The zero-order chi connectivity index (χ0) is 41.6. The average Bonchev–Trinajstić information content (AvgIpc) is 4.11. The molecule has 59 heavy (non-hydrogen) atoms. The monoisotopic (exact) mass is 968 g/mol.